The first-order valence-corrected chi connectivity index (χ1v) is 4.31. The molecule has 0 atom stereocenters. The van der Waals surface area contributed by atoms with Gasteiger partial charge in [-0.25, -0.2) is 0 Å². The molecule has 1 heteroatoms. The summed E-state index contributed by atoms with van der Waals surface area (Å²) in [4.78, 5) is 0. The van der Waals surface area contributed by atoms with Crippen LogP contribution in [0.25, 0.3) is 21.9 Å². The minimum absolute atomic E-state index is 0.0542. The van der Waals surface area contributed by atoms with Crippen LogP contribution in [-0.2, 0) is 0 Å². The predicted molar refractivity (Wildman–Crippen MR) is 58.5 cm³/mol. The maximum atomic E-state index is 7.85. The van der Waals surface area contributed by atoms with E-state index in [-0.39, 0.29) is 35.8 Å². The van der Waals surface area contributed by atoms with E-state index in [2.05, 4.69) is 0 Å². The first-order valence-electron chi connectivity index (χ1n) is 6.81. The van der Waals surface area contributed by atoms with Crippen molar-refractivity contribution in [2.24, 2.45) is 0 Å². The summed E-state index contributed by atoms with van der Waals surface area (Å²) < 4.78 is 44.3. The van der Waals surface area contributed by atoms with Crippen molar-refractivity contribution in [2.75, 3.05) is 0 Å². The molecule has 0 bridgehead atoms. The third-order valence-electron chi connectivity index (χ3n) is 2.28. The van der Waals surface area contributed by atoms with E-state index in [1.54, 1.807) is 6.92 Å². The third kappa shape index (κ3) is 0.896. The molecule has 0 spiro atoms. The van der Waals surface area contributed by atoms with E-state index < -0.39 is 0 Å². The quantitative estimate of drug-likeness (QED) is 0.520. The number of aryl methyl sites for hydroxylation is 1. The van der Waals surface area contributed by atoms with E-state index in [1.807, 2.05) is 0 Å². The second-order valence-corrected chi connectivity index (χ2v) is 3.15. The lowest BCUT2D eigenvalue weighted by Crippen LogP contribution is -1.72. The highest BCUT2D eigenvalue weighted by molar-refractivity contribution is 6.06. The Morgan fingerprint density at radius 1 is 1.14 bits per heavy atom. The largest absolute Gasteiger partial charge is 0.456 e. The van der Waals surface area contributed by atoms with Gasteiger partial charge in [-0.1, -0.05) is 30.3 Å². The molecule has 14 heavy (non-hydrogen) atoms. The normalized spacial score (nSPS) is 16.2. The van der Waals surface area contributed by atoms with Crippen LogP contribution in [0.2, 0.25) is 0 Å². The zero-order chi connectivity index (χ0) is 13.9. The summed E-state index contributed by atoms with van der Waals surface area (Å²) in [7, 11) is 0. The number of benzene rings is 2. The van der Waals surface area contributed by atoms with E-state index in [1.165, 1.54) is 12.1 Å². The molecular formula is C13H10O. The minimum Gasteiger partial charge on any atom is -0.456 e. The fraction of sp³-hybridized carbons (Fsp3) is 0.0769. The van der Waals surface area contributed by atoms with Gasteiger partial charge in [0.15, 0.2) is 0 Å². The molecule has 0 radical (unpaired) electrons. The van der Waals surface area contributed by atoms with Gasteiger partial charge in [0.2, 0.25) is 0 Å². The number of para-hydroxylation sites is 1. The number of hydrogen-bond donors (Lipinski definition) is 0. The molecule has 0 aliphatic heterocycles. The van der Waals surface area contributed by atoms with Crippen molar-refractivity contribution in [2.45, 2.75) is 6.92 Å². The molecule has 0 fully saturated rings. The van der Waals surface area contributed by atoms with Crippen LogP contribution in [0.4, 0.5) is 0 Å². The number of rotatable bonds is 0. The summed E-state index contributed by atoms with van der Waals surface area (Å²) in [6, 6.07) is 2.78. The zero-order valence-electron chi connectivity index (χ0n) is 12.6. The monoisotopic (exact) mass is 187 g/mol. The summed E-state index contributed by atoms with van der Waals surface area (Å²) >= 11 is 0. The maximum Gasteiger partial charge on any atom is 0.135 e. The molecule has 0 amide bonds. The topological polar surface area (TPSA) is 13.1 Å². The highest BCUT2D eigenvalue weighted by Gasteiger charge is 2.06. The molecule has 68 valence electrons. The van der Waals surface area contributed by atoms with Crippen molar-refractivity contribution < 1.29 is 11.3 Å². The molecule has 0 unspecified atom stereocenters. The average Bonchev–Trinajstić information content (AvgIpc) is 2.73. The Bertz CT molecular complexity index is 835. The number of hydrogen-bond acceptors (Lipinski definition) is 1. The van der Waals surface area contributed by atoms with Gasteiger partial charge in [-0.2, -0.15) is 0 Å². The molecule has 1 aromatic heterocycles. The first-order chi connectivity index (χ1) is 8.91. The molecule has 0 saturated carbocycles. The van der Waals surface area contributed by atoms with Crippen molar-refractivity contribution in [1.82, 2.24) is 0 Å². The smallest absolute Gasteiger partial charge is 0.135 e. The first kappa shape index (κ1) is 4.18. The Morgan fingerprint density at radius 2 is 2.07 bits per heavy atom. The zero-order valence-corrected chi connectivity index (χ0v) is 7.56. The summed E-state index contributed by atoms with van der Waals surface area (Å²) in [5.41, 5.74) is 1.17. The van der Waals surface area contributed by atoms with Gasteiger partial charge in [0.25, 0.3) is 0 Å². The Balaban J connectivity index is 2.66. The lowest BCUT2D eigenvalue weighted by Gasteiger charge is -1.93. The van der Waals surface area contributed by atoms with Crippen LogP contribution in [0.1, 0.15) is 12.4 Å². The van der Waals surface area contributed by atoms with E-state index >= 15 is 0 Å². The van der Waals surface area contributed by atoms with Crippen molar-refractivity contribution in [1.29, 1.82) is 0 Å². The Kier molecular flexibility index (Phi) is 0.780. The molecule has 0 aliphatic carbocycles. The third-order valence-corrected chi connectivity index (χ3v) is 2.28. The van der Waals surface area contributed by atoms with Gasteiger partial charge in [-0.3, -0.25) is 0 Å². The highest BCUT2D eigenvalue weighted by atomic mass is 16.3. The van der Waals surface area contributed by atoms with Crippen molar-refractivity contribution in [3.63, 3.8) is 0 Å². The summed E-state index contributed by atoms with van der Waals surface area (Å²) in [6.07, 6.45) is 0. The van der Waals surface area contributed by atoms with Gasteiger partial charge in [-0.05, 0) is 24.6 Å². The molecule has 1 nitrogen and oxygen atoms in total. The molecule has 2 aromatic carbocycles. The second-order valence-electron chi connectivity index (χ2n) is 3.15. The van der Waals surface area contributed by atoms with Gasteiger partial charge in [0, 0.05) is 10.8 Å². The van der Waals surface area contributed by atoms with Crippen molar-refractivity contribution in [3.8, 4) is 0 Å². The van der Waals surface area contributed by atoms with Gasteiger partial charge in [-0.15, -0.1) is 0 Å². The molecule has 0 saturated heterocycles. The maximum absolute atomic E-state index is 7.85. The van der Waals surface area contributed by atoms with Crippen LogP contribution in [0.15, 0.2) is 46.8 Å². The van der Waals surface area contributed by atoms with E-state index in [4.69, 9.17) is 11.3 Å². The summed E-state index contributed by atoms with van der Waals surface area (Å²) in [5, 5.41) is 1.12. The molecule has 0 N–H and O–H groups in total. The van der Waals surface area contributed by atoms with Crippen LogP contribution in [-0.4, -0.2) is 0 Å². The van der Waals surface area contributed by atoms with Crippen LogP contribution in [0.5, 0.6) is 0 Å². The Morgan fingerprint density at radius 3 is 3.00 bits per heavy atom. The van der Waals surface area contributed by atoms with Crippen LogP contribution in [0, 0.1) is 6.92 Å². The van der Waals surface area contributed by atoms with Gasteiger partial charge < -0.3 is 4.42 Å². The van der Waals surface area contributed by atoms with Crippen LogP contribution in [0.3, 0.4) is 0 Å². The fourth-order valence-electron chi connectivity index (χ4n) is 1.63. The van der Waals surface area contributed by atoms with Crippen molar-refractivity contribution in [3.05, 3.63) is 47.9 Å². The predicted octanol–water partition coefficient (Wildman–Crippen LogP) is 3.89. The minimum atomic E-state index is -0.193. The lowest BCUT2D eigenvalue weighted by atomic mass is 10.1. The number of fused-ring (bicyclic) bond motifs is 3. The SMILES string of the molecule is [2H]c1cc2c(oc3c([2H])cc([2H])c(C)c32)c([2H])c1[2H]. The summed E-state index contributed by atoms with van der Waals surface area (Å²) in [6.45, 7) is 1.75. The van der Waals surface area contributed by atoms with Gasteiger partial charge >= 0.3 is 0 Å². The molecule has 1 heterocycles. The molecule has 0 aliphatic rings. The van der Waals surface area contributed by atoms with E-state index in [9.17, 15) is 0 Å². The average molecular weight is 187 g/mol. The highest BCUT2D eigenvalue weighted by Crippen LogP contribution is 2.30. The molecular weight excluding hydrogens is 172 g/mol. The van der Waals surface area contributed by atoms with E-state index in [0.29, 0.717) is 21.9 Å². The van der Waals surface area contributed by atoms with Crippen molar-refractivity contribution >= 4 is 21.9 Å². The summed E-state index contributed by atoms with van der Waals surface area (Å²) in [5.74, 6) is 0. The van der Waals surface area contributed by atoms with Gasteiger partial charge in [0.1, 0.15) is 11.2 Å². The molecule has 3 rings (SSSR count). The second kappa shape index (κ2) is 2.61. The van der Waals surface area contributed by atoms with Gasteiger partial charge in [0.05, 0.1) is 6.85 Å². The molecule has 3 aromatic rings. The standard InChI is InChI=1S/C13H10O/c1-9-5-4-8-12-13(9)10-6-2-3-7-11(10)14-12/h2-8H,1H3/i2D,3D,5D,7D,8D. The Hall–Kier alpha value is -1.76. The Labute approximate surface area is 89.0 Å². The van der Waals surface area contributed by atoms with Crippen LogP contribution >= 0.6 is 0 Å². The lowest BCUT2D eigenvalue weighted by molar-refractivity contribution is 0.669. The van der Waals surface area contributed by atoms with E-state index in [0.717, 1.165) is 0 Å². The fourth-order valence-corrected chi connectivity index (χ4v) is 1.63. The number of furan rings is 1. The van der Waals surface area contributed by atoms with Crippen LogP contribution < -0.4 is 0 Å².